The normalized spacial score (nSPS) is 15.3. The molecular formula is C16H17N5NaO9S3. The predicted molar refractivity (Wildman–Crippen MR) is 122 cm³/mol. The number of carbonyl (C=O) groups excluding carboxylic acids is 4. The van der Waals surface area contributed by atoms with Crippen LogP contribution in [0.3, 0.4) is 0 Å². The van der Waals surface area contributed by atoms with Crippen LogP contribution in [-0.4, -0.2) is 99.7 Å². The Morgan fingerprint density at radius 1 is 1.29 bits per heavy atom. The van der Waals surface area contributed by atoms with Gasteiger partial charge in [0, 0.05) is 58.2 Å². The largest absolute Gasteiger partial charge is 0.507 e. The van der Waals surface area contributed by atoms with Gasteiger partial charge in [0.25, 0.3) is 27.8 Å². The molecule has 1 radical (unpaired) electrons. The summed E-state index contributed by atoms with van der Waals surface area (Å²) < 4.78 is 31.0. The minimum Gasteiger partial charge on any atom is -0.507 e. The molecule has 18 heteroatoms. The zero-order valence-electron chi connectivity index (χ0n) is 17.6. The van der Waals surface area contributed by atoms with E-state index in [0.717, 1.165) is 6.07 Å². The van der Waals surface area contributed by atoms with Gasteiger partial charge in [-0.25, -0.2) is 4.79 Å². The van der Waals surface area contributed by atoms with Gasteiger partial charge in [-0.2, -0.15) is 8.42 Å². The van der Waals surface area contributed by atoms with Gasteiger partial charge in [0.05, 0.1) is 18.4 Å². The second-order valence-electron chi connectivity index (χ2n) is 6.24. The van der Waals surface area contributed by atoms with E-state index >= 15 is 0 Å². The summed E-state index contributed by atoms with van der Waals surface area (Å²) in [5.74, 6) is -3.50. The van der Waals surface area contributed by atoms with E-state index in [1.165, 1.54) is 33.7 Å². The van der Waals surface area contributed by atoms with Crippen LogP contribution in [0.1, 0.15) is 23.2 Å². The van der Waals surface area contributed by atoms with E-state index in [4.69, 9.17) is 10.1 Å². The maximum absolute atomic E-state index is 12.1. The van der Waals surface area contributed by atoms with Crippen molar-refractivity contribution in [2.24, 2.45) is 5.11 Å². The Bertz CT molecular complexity index is 1110. The van der Waals surface area contributed by atoms with Gasteiger partial charge in [-0.15, -0.1) is 5.06 Å². The van der Waals surface area contributed by atoms with Crippen molar-refractivity contribution in [3.8, 4) is 5.75 Å². The van der Waals surface area contributed by atoms with E-state index < -0.39 is 45.5 Å². The molecule has 1 aromatic rings. The smallest absolute Gasteiger partial charge is 0.334 e. The van der Waals surface area contributed by atoms with E-state index in [1.54, 1.807) is 0 Å². The molecule has 0 aromatic heterocycles. The maximum atomic E-state index is 12.1. The third-order valence-corrected chi connectivity index (χ3v) is 7.44. The summed E-state index contributed by atoms with van der Waals surface area (Å²) in [6.45, 7) is 0.242. The number of nitrogens with zero attached hydrogens (tertiary/aromatic N) is 4. The Kier molecular flexibility index (Phi) is 12.2. The topological polar surface area (TPSA) is 216 Å². The van der Waals surface area contributed by atoms with Gasteiger partial charge < -0.3 is 15.3 Å². The summed E-state index contributed by atoms with van der Waals surface area (Å²) in [5.41, 5.74) is 8.52. The number of hydrogen-bond donors (Lipinski definition) is 3. The average Bonchev–Trinajstić information content (AvgIpc) is 3.01. The van der Waals surface area contributed by atoms with Crippen LogP contribution in [0.25, 0.3) is 10.4 Å². The molecule has 1 aliphatic rings. The van der Waals surface area contributed by atoms with Crippen LogP contribution in [0.15, 0.2) is 23.3 Å². The fourth-order valence-electron chi connectivity index (χ4n) is 2.43. The summed E-state index contributed by atoms with van der Waals surface area (Å²) in [4.78, 5) is 54.4. The minimum atomic E-state index is -4.79. The summed E-state index contributed by atoms with van der Waals surface area (Å²) in [7, 11) is -2.23. The van der Waals surface area contributed by atoms with Gasteiger partial charge in [-0.05, 0) is 17.7 Å². The first-order chi connectivity index (χ1) is 15.5. The van der Waals surface area contributed by atoms with Crippen LogP contribution in [0.2, 0.25) is 0 Å². The molecule has 0 spiro atoms. The molecule has 1 unspecified atom stereocenters. The van der Waals surface area contributed by atoms with Crippen molar-refractivity contribution in [1.29, 1.82) is 0 Å². The molecule has 14 nitrogen and oxygen atoms in total. The molecule has 34 heavy (non-hydrogen) atoms. The molecule has 1 aliphatic heterocycles. The molecule has 0 bridgehead atoms. The third kappa shape index (κ3) is 8.66. The fourth-order valence-corrected chi connectivity index (χ4v) is 5.01. The molecular weight excluding hydrogens is 525 g/mol. The van der Waals surface area contributed by atoms with Crippen LogP contribution in [0.5, 0.6) is 5.75 Å². The number of nitrogens with one attached hydrogen (secondary N) is 1. The van der Waals surface area contributed by atoms with Crippen molar-refractivity contribution in [1.82, 2.24) is 10.4 Å². The van der Waals surface area contributed by atoms with Crippen LogP contribution in [-0.2, 0) is 29.3 Å². The summed E-state index contributed by atoms with van der Waals surface area (Å²) in [6, 6.07) is 3.85. The van der Waals surface area contributed by atoms with Crippen molar-refractivity contribution in [3.05, 3.63) is 34.2 Å². The van der Waals surface area contributed by atoms with E-state index in [-0.39, 0.29) is 70.3 Å². The van der Waals surface area contributed by atoms with E-state index in [9.17, 15) is 32.7 Å². The molecule has 1 aromatic carbocycles. The molecule has 1 heterocycles. The molecule has 1 saturated heterocycles. The van der Waals surface area contributed by atoms with Gasteiger partial charge in [0.1, 0.15) is 5.75 Å². The summed E-state index contributed by atoms with van der Waals surface area (Å²) >= 11 is 0. The van der Waals surface area contributed by atoms with Crippen molar-refractivity contribution in [2.75, 3.05) is 18.1 Å². The van der Waals surface area contributed by atoms with Crippen molar-refractivity contribution >= 4 is 90.6 Å². The zero-order chi connectivity index (χ0) is 24.6. The Morgan fingerprint density at radius 3 is 2.56 bits per heavy atom. The average molecular weight is 543 g/mol. The number of imide groups is 1. The molecule has 179 valence electrons. The summed E-state index contributed by atoms with van der Waals surface area (Å²) in [5, 5.41) is 13.8. The number of phenols is 1. The third-order valence-electron chi connectivity index (χ3n) is 3.94. The minimum absolute atomic E-state index is 0. The predicted octanol–water partition coefficient (Wildman–Crippen LogP) is 0.928. The Morgan fingerprint density at radius 2 is 1.97 bits per heavy atom. The fraction of sp³-hybridized carbons (Fsp3) is 0.375. The summed E-state index contributed by atoms with van der Waals surface area (Å²) in [6.07, 6.45) is -1.000. The maximum Gasteiger partial charge on any atom is 0.334 e. The van der Waals surface area contributed by atoms with Crippen molar-refractivity contribution in [2.45, 2.75) is 18.1 Å². The monoisotopic (exact) mass is 542 g/mol. The number of azide groups is 1. The number of hydrogen-bond acceptors (Lipinski definition) is 11. The van der Waals surface area contributed by atoms with Gasteiger partial charge in [-0.1, -0.05) is 32.8 Å². The number of hydroxylamine groups is 2. The van der Waals surface area contributed by atoms with E-state index in [1.807, 2.05) is 0 Å². The van der Waals surface area contributed by atoms with Crippen LogP contribution in [0, 0.1) is 0 Å². The number of rotatable bonds is 11. The Labute approximate surface area is 223 Å². The van der Waals surface area contributed by atoms with Crippen LogP contribution >= 0.6 is 21.6 Å². The Balaban J connectivity index is 0.00000578. The van der Waals surface area contributed by atoms with Crippen LogP contribution in [0.4, 0.5) is 5.69 Å². The molecule has 1 fully saturated rings. The SMILES string of the molecule is [N-]=[N+]=Nc1ccc(C(=O)NCCSSCCC(=O)ON2C(=O)CC(S(=O)(=O)O)C2=O)c(O)c1.[Na]. The van der Waals surface area contributed by atoms with Gasteiger partial charge in [-0.3, -0.25) is 18.9 Å². The molecule has 3 N–H and O–H groups in total. The second-order valence-corrected chi connectivity index (χ2v) is 10.5. The number of benzene rings is 1. The van der Waals surface area contributed by atoms with E-state index in [0.29, 0.717) is 5.75 Å². The van der Waals surface area contributed by atoms with Crippen molar-refractivity contribution in [3.63, 3.8) is 0 Å². The van der Waals surface area contributed by atoms with Crippen LogP contribution < -0.4 is 5.32 Å². The number of aromatic hydroxyl groups is 1. The Hall–Kier alpha value is -1.98. The first-order valence-corrected chi connectivity index (χ1v) is 13.0. The van der Waals surface area contributed by atoms with Crippen molar-refractivity contribution < 1.29 is 42.1 Å². The van der Waals surface area contributed by atoms with Gasteiger partial charge in [0.15, 0.2) is 5.25 Å². The van der Waals surface area contributed by atoms with E-state index in [2.05, 4.69) is 20.2 Å². The second kappa shape index (κ2) is 13.8. The first-order valence-electron chi connectivity index (χ1n) is 8.99. The quantitative estimate of drug-likeness (QED) is 0.0522. The number of phenolic OH excluding ortho intramolecular Hbond substituents is 1. The number of carbonyl (C=O) groups is 4. The molecule has 2 rings (SSSR count). The van der Waals surface area contributed by atoms with Gasteiger partial charge in [0.2, 0.25) is 0 Å². The first kappa shape index (κ1) is 30.1. The van der Waals surface area contributed by atoms with Gasteiger partial charge >= 0.3 is 5.97 Å². The molecule has 3 amide bonds. The molecule has 1 atom stereocenters. The zero-order valence-corrected chi connectivity index (χ0v) is 22.1. The molecule has 0 aliphatic carbocycles. The number of amides is 3. The standard InChI is InChI=1S/C16H17N5O9S3.Na/c17-20-19-9-1-2-10(11(22)7-9)15(25)18-4-6-32-31-5-3-14(24)30-21-13(23)8-12(16(21)26)33(27,28)29;/h1-2,7,12,22H,3-6,8H2,(H,18,25)(H,27,28,29);. The molecule has 0 saturated carbocycles.